The summed E-state index contributed by atoms with van der Waals surface area (Å²) < 4.78 is 10.5. The Morgan fingerprint density at radius 2 is 1.63 bits per heavy atom. The number of nitrogens with zero attached hydrogens (tertiary/aromatic N) is 2. The van der Waals surface area contributed by atoms with Gasteiger partial charge < -0.3 is 14.8 Å². The Morgan fingerprint density at radius 3 is 2.21 bits per heavy atom. The van der Waals surface area contributed by atoms with E-state index in [4.69, 9.17) is 9.47 Å². The Hall–Kier alpha value is -2.30. The molecular formula is C14H17N3O2. The summed E-state index contributed by atoms with van der Waals surface area (Å²) in [5.41, 5.74) is 1.84. The molecule has 1 aromatic carbocycles. The molecule has 2 aromatic rings. The minimum absolute atomic E-state index is 0.725. The first-order chi connectivity index (χ1) is 9.12. The van der Waals surface area contributed by atoms with Gasteiger partial charge in [0, 0.05) is 35.6 Å². The monoisotopic (exact) mass is 259 g/mol. The number of benzene rings is 1. The number of methoxy groups -OCH3 is 2. The average molecular weight is 259 g/mol. The largest absolute Gasteiger partial charge is 0.497 e. The lowest BCUT2D eigenvalue weighted by Gasteiger charge is -2.11. The minimum Gasteiger partial charge on any atom is -0.497 e. The van der Waals surface area contributed by atoms with Gasteiger partial charge in [0.25, 0.3) is 0 Å². The van der Waals surface area contributed by atoms with Crippen molar-refractivity contribution >= 4 is 11.5 Å². The summed E-state index contributed by atoms with van der Waals surface area (Å²) in [6.45, 7) is 3.82. The molecule has 1 aromatic heterocycles. The second-order valence-electron chi connectivity index (χ2n) is 4.18. The van der Waals surface area contributed by atoms with E-state index in [0.717, 1.165) is 34.4 Å². The molecule has 0 radical (unpaired) electrons. The van der Waals surface area contributed by atoms with Gasteiger partial charge in [0.1, 0.15) is 23.1 Å². The van der Waals surface area contributed by atoms with Gasteiger partial charge in [-0.2, -0.15) is 0 Å². The zero-order valence-electron chi connectivity index (χ0n) is 11.5. The van der Waals surface area contributed by atoms with Crippen LogP contribution in [0.4, 0.5) is 11.5 Å². The Labute approximate surface area is 112 Å². The minimum atomic E-state index is 0.725. The molecule has 100 valence electrons. The number of anilines is 2. The van der Waals surface area contributed by atoms with E-state index >= 15 is 0 Å². The molecule has 19 heavy (non-hydrogen) atoms. The Balaban J connectivity index is 2.34. The highest BCUT2D eigenvalue weighted by Crippen LogP contribution is 2.28. The molecular weight excluding hydrogens is 242 g/mol. The first-order valence-electron chi connectivity index (χ1n) is 5.92. The molecule has 0 aliphatic rings. The summed E-state index contributed by atoms with van der Waals surface area (Å²) in [4.78, 5) is 8.52. The quantitative estimate of drug-likeness (QED) is 0.915. The van der Waals surface area contributed by atoms with Crippen LogP contribution in [-0.2, 0) is 0 Å². The van der Waals surface area contributed by atoms with Gasteiger partial charge >= 0.3 is 0 Å². The van der Waals surface area contributed by atoms with Crippen LogP contribution in [0.3, 0.4) is 0 Å². The van der Waals surface area contributed by atoms with E-state index < -0.39 is 0 Å². The lowest BCUT2D eigenvalue weighted by molar-refractivity contribution is 0.395. The molecule has 5 heteroatoms. The van der Waals surface area contributed by atoms with E-state index in [1.807, 2.05) is 32.0 Å². The van der Waals surface area contributed by atoms with E-state index in [1.165, 1.54) is 0 Å². The Bertz CT molecular complexity index is 563. The molecule has 0 bridgehead atoms. The lowest BCUT2D eigenvalue weighted by Crippen LogP contribution is -2.00. The first kappa shape index (κ1) is 13.1. The zero-order valence-corrected chi connectivity index (χ0v) is 11.5. The maximum absolute atomic E-state index is 5.24. The smallest absolute Gasteiger partial charge is 0.136 e. The standard InChI is InChI=1S/C14H17N3O2/c1-9-8-15-10(2)16-14(9)17-11-5-12(18-3)7-13(6-11)19-4/h5-8H,1-4H3,(H,15,16,17). The molecule has 0 aliphatic heterocycles. The van der Waals surface area contributed by atoms with Gasteiger partial charge in [-0.25, -0.2) is 9.97 Å². The van der Waals surface area contributed by atoms with Gasteiger partial charge in [-0.15, -0.1) is 0 Å². The fourth-order valence-corrected chi connectivity index (χ4v) is 1.67. The molecule has 0 unspecified atom stereocenters. The highest BCUT2D eigenvalue weighted by atomic mass is 16.5. The number of aromatic nitrogens is 2. The van der Waals surface area contributed by atoms with E-state index in [0.29, 0.717) is 0 Å². The molecule has 1 heterocycles. The molecule has 2 rings (SSSR count). The van der Waals surface area contributed by atoms with Crippen LogP contribution in [0.2, 0.25) is 0 Å². The summed E-state index contributed by atoms with van der Waals surface area (Å²) >= 11 is 0. The number of hydrogen-bond acceptors (Lipinski definition) is 5. The summed E-state index contributed by atoms with van der Waals surface area (Å²) in [5, 5.41) is 3.25. The van der Waals surface area contributed by atoms with E-state index in [9.17, 15) is 0 Å². The van der Waals surface area contributed by atoms with Gasteiger partial charge in [-0.05, 0) is 13.8 Å². The third kappa shape index (κ3) is 3.13. The SMILES string of the molecule is COc1cc(Nc2nc(C)ncc2C)cc(OC)c1. The predicted molar refractivity (Wildman–Crippen MR) is 74.3 cm³/mol. The number of nitrogens with one attached hydrogen (secondary N) is 1. The molecule has 0 spiro atoms. The van der Waals surface area contributed by atoms with Crippen LogP contribution in [-0.4, -0.2) is 24.2 Å². The van der Waals surface area contributed by atoms with E-state index in [2.05, 4.69) is 15.3 Å². The van der Waals surface area contributed by atoms with E-state index in [-0.39, 0.29) is 0 Å². The summed E-state index contributed by atoms with van der Waals surface area (Å²) in [5.74, 6) is 2.96. The third-order valence-electron chi connectivity index (χ3n) is 2.71. The summed E-state index contributed by atoms with van der Waals surface area (Å²) in [7, 11) is 3.25. The molecule has 0 aliphatic carbocycles. The number of rotatable bonds is 4. The van der Waals surface area contributed by atoms with Gasteiger partial charge in [-0.1, -0.05) is 0 Å². The summed E-state index contributed by atoms with van der Waals surface area (Å²) in [6.07, 6.45) is 1.79. The van der Waals surface area contributed by atoms with Gasteiger partial charge in [0.2, 0.25) is 0 Å². The Morgan fingerprint density at radius 1 is 1.00 bits per heavy atom. The van der Waals surface area contributed by atoms with Gasteiger partial charge in [0.15, 0.2) is 0 Å². The molecule has 0 saturated heterocycles. The van der Waals surface area contributed by atoms with Gasteiger partial charge in [0.05, 0.1) is 14.2 Å². The average Bonchev–Trinajstić information content (AvgIpc) is 2.42. The van der Waals surface area contributed by atoms with E-state index in [1.54, 1.807) is 20.4 Å². The summed E-state index contributed by atoms with van der Waals surface area (Å²) in [6, 6.07) is 5.60. The van der Waals surface area contributed by atoms with Crippen LogP contribution < -0.4 is 14.8 Å². The van der Waals surface area contributed by atoms with Crippen molar-refractivity contribution < 1.29 is 9.47 Å². The van der Waals surface area contributed by atoms with Gasteiger partial charge in [-0.3, -0.25) is 0 Å². The number of aryl methyl sites for hydroxylation is 2. The van der Waals surface area contributed by atoms with Crippen LogP contribution in [0.5, 0.6) is 11.5 Å². The van der Waals surface area contributed by atoms with Crippen LogP contribution in [0.1, 0.15) is 11.4 Å². The van der Waals surface area contributed by atoms with Crippen LogP contribution in [0.15, 0.2) is 24.4 Å². The zero-order chi connectivity index (χ0) is 13.8. The second-order valence-corrected chi connectivity index (χ2v) is 4.18. The number of hydrogen-bond donors (Lipinski definition) is 1. The molecule has 0 saturated carbocycles. The molecule has 1 N–H and O–H groups in total. The predicted octanol–water partition coefficient (Wildman–Crippen LogP) is 2.85. The van der Waals surface area contributed by atoms with Crippen molar-refractivity contribution in [1.82, 2.24) is 9.97 Å². The third-order valence-corrected chi connectivity index (χ3v) is 2.71. The normalized spacial score (nSPS) is 10.1. The fraction of sp³-hybridized carbons (Fsp3) is 0.286. The van der Waals surface area contributed by atoms with Crippen LogP contribution >= 0.6 is 0 Å². The van der Waals surface area contributed by atoms with Crippen molar-refractivity contribution in [3.05, 3.63) is 35.8 Å². The first-order valence-corrected chi connectivity index (χ1v) is 5.92. The highest BCUT2D eigenvalue weighted by molar-refractivity contribution is 5.62. The molecule has 0 amide bonds. The fourth-order valence-electron chi connectivity index (χ4n) is 1.67. The second kappa shape index (κ2) is 5.56. The van der Waals surface area contributed by atoms with Crippen molar-refractivity contribution in [2.24, 2.45) is 0 Å². The molecule has 0 atom stereocenters. The van der Waals surface area contributed by atoms with Crippen molar-refractivity contribution in [3.8, 4) is 11.5 Å². The Kier molecular flexibility index (Phi) is 3.85. The number of ether oxygens (including phenoxy) is 2. The van der Waals surface area contributed by atoms with Crippen LogP contribution in [0.25, 0.3) is 0 Å². The maximum atomic E-state index is 5.24. The molecule has 5 nitrogen and oxygen atoms in total. The topological polar surface area (TPSA) is 56.3 Å². The van der Waals surface area contributed by atoms with Crippen molar-refractivity contribution in [1.29, 1.82) is 0 Å². The highest BCUT2D eigenvalue weighted by Gasteiger charge is 2.05. The van der Waals surface area contributed by atoms with Crippen molar-refractivity contribution in [2.45, 2.75) is 13.8 Å². The van der Waals surface area contributed by atoms with Crippen LogP contribution in [0, 0.1) is 13.8 Å². The maximum Gasteiger partial charge on any atom is 0.136 e. The van der Waals surface area contributed by atoms with Crippen molar-refractivity contribution in [2.75, 3.05) is 19.5 Å². The lowest BCUT2D eigenvalue weighted by atomic mass is 10.2. The van der Waals surface area contributed by atoms with Crippen molar-refractivity contribution in [3.63, 3.8) is 0 Å². The molecule has 0 fully saturated rings.